The number of hydrogen-bond donors (Lipinski definition) is 3. The molecule has 0 aliphatic carbocycles. The summed E-state index contributed by atoms with van der Waals surface area (Å²) >= 11 is 0. The van der Waals surface area contributed by atoms with Gasteiger partial charge in [0.05, 0.1) is 24.8 Å². The Balaban J connectivity index is 1.55. The van der Waals surface area contributed by atoms with E-state index >= 15 is 0 Å². The van der Waals surface area contributed by atoms with E-state index < -0.39 is 29.4 Å². The number of aliphatic hydroxyl groups is 1. The highest BCUT2D eigenvalue weighted by Crippen LogP contribution is 2.39. The number of halogens is 3. The van der Waals surface area contributed by atoms with Crippen molar-refractivity contribution in [3.63, 3.8) is 0 Å². The topological polar surface area (TPSA) is 118 Å². The number of alkyl halides is 3. The van der Waals surface area contributed by atoms with Gasteiger partial charge in [-0.2, -0.15) is 18.3 Å². The molecule has 0 bridgehead atoms. The highest BCUT2D eigenvalue weighted by atomic mass is 19.4. The highest BCUT2D eigenvalue weighted by Gasteiger charge is 2.51. The molecule has 3 N–H and O–H groups in total. The van der Waals surface area contributed by atoms with Gasteiger partial charge in [0.25, 0.3) is 5.56 Å². The number of anilines is 2. The molecule has 200 valence electrons. The van der Waals surface area contributed by atoms with Crippen LogP contribution in [0, 0.1) is 5.92 Å². The van der Waals surface area contributed by atoms with Gasteiger partial charge in [0.2, 0.25) is 0 Å². The van der Waals surface area contributed by atoms with Crippen LogP contribution in [0.25, 0.3) is 10.9 Å². The quantitative estimate of drug-likeness (QED) is 0.399. The zero-order valence-electron chi connectivity index (χ0n) is 20.6. The van der Waals surface area contributed by atoms with Crippen LogP contribution in [0.3, 0.4) is 0 Å². The van der Waals surface area contributed by atoms with Crippen molar-refractivity contribution in [1.82, 2.24) is 14.8 Å². The van der Waals surface area contributed by atoms with E-state index in [1.807, 2.05) is 13.8 Å². The second kappa shape index (κ2) is 10.2. The highest BCUT2D eigenvalue weighted by molar-refractivity contribution is 5.91. The Bertz CT molecular complexity index is 1310. The third-order valence-electron chi connectivity index (χ3n) is 6.31. The Morgan fingerprint density at radius 2 is 1.97 bits per heavy atom. The monoisotopic (exact) mass is 522 g/mol. The van der Waals surface area contributed by atoms with Crippen LogP contribution < -0.4 is 10.9 Å². The van der Waals surface area contributed by atoms with Gasteiger partial charge < -0.3 is 24.9 Å². The van der Waals surface area contributed by atoms with Crippen molar-refractivity contribution in [3.8, 4) is 0 Å². The Morgan fingerprint density at radius 3 is 2.57 bits per heavy atom. The molecule has 1 aliphatic rings. The first-order valence-electron chi connectivity index (χ1n) is 11.9. The minimum atomic E-state index is -4.84. The second-order valence-electron chi connectivity index (χ2n) is 9.71. The zero-order valence-corrected chi connectivity index (χ0v) is 20.6. The number of benzene rings is 1. The zero-order chi connectivity index (χ0) is 27.0. The predicted molar refractivity (Wildman–Crippen MR) is 130 cm³/mol. The van der Waals surface area contributed by atoms with Crippen LogP contribution in [0.4, 0.5) is 24.7 Å². The molecule has 0 radical (unpaired) electrons. The maximum Gasteiger partial charge on any atom is 0.421 e. The van der Waals surface area contributed by atoms with Gasteiger partial charge in [-0.3, -0.25) is 9.48 Å². The van der Waals surface area contributed by atoms with E-state index in [0.717, 1.165) is 12.1 Å². The van der Waals surface area contributed by atoms with Gasteiger partial charge in [-0.05, 0) is 49.4 Å². The summed E-state index contributed by atoms with van der Waals surface area (Å²) in [5.74, 6) is 0.0311. The van der Waals surface area contributed by atoms with Crippen molar-refractivity contribution >= 4 is 28.4 Å². The molecular formula is C25H29F3N4O5. The van der Waals surface area contributed by atoms with Gasteiger partial charge >= 0.3 is 12.1 Å². The normalized spacial score (nSPS) is 20.1. The van der Waals surface area contributed by atoms with Crippen molar-refractivity contribution in [1.29, 1.82) is 0 Å². The number of aromatic amines is 1. The van der Waals surface area contributed by atoms with Gasteiger partial charge in [-0.15, -0.1) is 0 Å². The van der Waals surface area contributed by atoms with E-state index in [1.54, 1.807) is 10.7 Å². The Morgan fingerprint density at radius 1 is 1.27 bits per heavy atom. The number of rotatable bonds is 7. The number of pyridine rings is 1. The fourth-order valence-corrected chi connectivity index (χ4v) is 4.10. The molecule has 1 aromatic carbocycles. The van der Waals surface area contributed by atoms with Gasteiger partial charge in [0, 0.05) is 11.9 Å². The molecule has 3 unspecified atom stereocenters. The van der Waals surface area contributed by atoms with E-state index in [2.05, 4.69) is 15.4 Å². The summed E-state index contributed by atoms with van der Waals surface area (Å²) < 4.78 is 52.1. The first-order valence-corrected chi connectivity index (χ1v) is 11.9. The number of esters is 1. The van der Waals surface area contributed by atoms with Crippen molar-refractivity contribution in [3.05, 3.63) is 52.4 Å². The summed E-state index contributed by atoms with van der Waals surface area (Å²) in [5, 5.41) is 17.7. The lowest BCUT2D eigenvalue weighted by Gasteiger charge is -2.28. The van der Waals surface area contributed by atoms with Crippen LogP contribution in [0.5, 0.6) is 0 Å². The molecule has 12 heteroatoms. The van der Waals surface area contributed by atoms with E-state index in [0.29, 0.717) is 37.6 Å². The lowest BCUT2D eigenvalue weighted by atomic mass is 9.95. The number of nitrogens with zero attached hydrogens (tertiary/aromatic N) is 2. The molecule has 0 saturated carbocycles. The molecule has 37 heavy (non-hydrogen) atoms. The Kier molecular flexibility index (Phi) is 7.33. The number of nitrogens with one attached hydrogen (secondary N) is 2. The molecule has 1 saturated heterocycles. The van der Waals surface area contributed by atoms with Crippen LogP contribution >= 0.6 is 0 Å². The third-order valence-corrected chi connectivity index (χ3v) is 6.31. The summed E-state index contributed by atoms with van der Waals surface area (Å²) in [6.07, 6.45) is -3.01. The smallest absolute Gasteiger partial charge is 0.421 e. The molecule has 2 aromatic heterocycles. The maximum atomic E-state index is 13.2. The first-order chi connectivity index (χ1) is 17.4. The molecule has 3 aromatic rings. The van der Waals surface area contributed by atoms with Crippen LogP contribution in [-0.4, -0.2) is 51.3 Å². The van der Waals surface area contributed by atoms with Gasteiger partial charge in [0.1, 0.15) is 5.39 Å². The molecule has 0 spiro atoms. The van der Waals surface area contributed by atoms with E-state index in [9.17, 15) is 27.9 Å². The average Bonchev–Trinajstić information content (AvgIpc) is 3.21. The Hall–Kier alpha value is -3.38. The summed E-state index contributed by atoms with van der Waals surface area (Å²) in [6, 6.07) is 6.50. The minimum absolute atomic E-state index is 0.186. The summed E-state index contributed by atoms with van der Waals surface area (Å²) in [4.78, 5) is 27.5. The fourth-order valence-electron chi connectivity index (χ4n) is 4.10. The van der Waals surface area contributed by atoms with E-state index in [1.165, 1.54) is 18.3 Å². The van der Waals surface area contributed by atoms with Crippen LogP contribution in [0.2, 0.25) is 0 Å². The molecule has 4 rings (SSSR count). The summed E-state index contributed by atoms with van der Waals surface area (Å²) in [6.45, 7) is 5.08. The van der Waals surface area contributed by atoms with Gasteiger partial charge in [-0.25, -0.2) is 4.79 Å². The standard InChI is InChI=1S/C25H29F3N4O5/c1-14(2)12-37-23(34)19-9-8-17(13-36-19)32-18-10-11-29-22(33)20(18)21(31-32)30-16-6-4-15(5-7-16)24(3,35)25(26,27)28/h4-7,10-11,14,17,19,35H,8-9,12-13H2,1-3H3,(H,29,33)(H,30,31). The lowest BCUT2D eigenvalue weighted by molar-refractivity contribution is -0.258. The van der Waals surface area contributed by atoms with E-state index in [4.69, 9.17) is 9.47 Å². The van der Waals surface area contributed by atoms with Crippen LogP contribution in [-0.2, 0) is 19.9 Å². The predicted octanol–water partition coefficient (Wildman–Crippen LogP) is 4.16. The first kappa shape index (κ1) is 26.7. The number of H-pyrrole nitrogens is 1. The van der Waals surface area contributed by atoms with Crippen molar-refractivity contribution in [2.75, 3.05) is 18.5 Å². The van der Waals surface area contributed by atoms with Gasteiger partial charge in [0.15, 0.2) is 17.5 Å². The molecule has 0 amide bonds. The number of fused-ring (bicyclic) bond motifs is 1. The number of ether oxygens (including phenoxy) is 2. The molecule has 9 nitrogen and oxygen atoms in total. The van der Waals surface area contributed by atoms with Crippen molar-refractivity contribution < 1.29 is 32.5 Å². The van der Waals surface area contributed by atoms with E-state index in [-0.39, 0.29) is 35.3 Å². The molecule has 3 atom stereocenters. The number of carbonyl (C=O) groups excluding carboxylic acids is 1. The fraction of sp³-hybridized carbons (Fsp3) is 0.480. The van der Waals surface area contributed by atoms with Crippen molar-refractivity contribution in [2.24, 2.45) is 5.92 Å². The molecule has 1 fully saturated rings. The molecular weight excluding hydrogens is 493 g/mol. The summed E-state index contributed by atoms with van der Waals surface area (Å²) in [5.41, 5.74) is -2.80. The molecule has 3 heterocycles. The maximum absolute atomic E-state index is 13.2. The Labute approximate surface area is 210 Å². The lowest BCUT2D eigenvalue weighted by Crippen LogP contribution is -2.39. The average molecular weight is 523 g/mol. The number of aromatic nitrogens is 3. The third kappa shape index (κ3) is 5.49. The second-order valence-corrected chi connectivity index (χ2v) is 9.71. The largest absolute Gasteiger partial charge is 0.463 e. The number of hydrogen-bond acceptors (Lipinski definition) is 7. The van der Waals surface area contributed by atoms with Crippen molar-refractivity contribution in [2.45, 2.75) is 57.5 Å². The minimum Gasteiger partial charge on any atom is -0.463 e. The SMILES string of the molecule is CC(C)COC(=O)C1CCC(n2nc(Nc3ccc(C(C)(O)C(F)(F)F)cc3)c3c(=O)[nH]ccc32)CO1. The van der Waals surface area contributed by atoms with Crippen LogP contribution in [0.15, 0.2) is 41.3 Å². The van der Waals surface area contributed by atoms with Gasteiger partial charge in [-0.1, -0.05) is 26.0 Å². The van der Waals surface area contributed by atoms with Crippen LogP contribution in [0.1, 0.15) is 45.2 Å². The number of carbonyl (C=O) groups is 1. The summed E-state index contributed by atoms with van der Waals surface area (Å²) in [7, 11) is 0. The molecule has 1 aliphatic heterocycles.